The largest absolute Gasteiger partial charge is 0.352 e. The summed E-state index contributed by atoms with van der Waals surface area (Å²) in [5.74, 6) is -0.186. The maximum atomic E-state index is 11.8. The summed E-state index contributed by atoms with van der Waals surface area (Å²) in [5, 5.41) is 8.10. The van der Waals surface area contributed by atoms with E-state index in [4.69, 9.17) is 11.6 Å². The van der Waals surface area contributed by atoms with Crippen LogP contribution >= 0.6 is 22.9 Å². The average molecular weight is 318 g/mol. The highest BCUT2D eigenvalue weighted by molar-refractivity contribution is 7.16. The van der Waals surface area contributed by atoms with Crippen LogP contribution in [0.3, 0.4) is 0 Å². The van der Waals surface area contributed by atoms with Crippen molar-refractivity contribution < 1.29 is 9.59 Å². The standard InChI is InChI=1S/C13H20ClN3O2S/c1-4-8(2)16-12(18)9(3)17-13(19)15-7-10-5-6-11(14)20-10/h5-6,8-9H,4,7H2,1-3H3,(H,16,18)(H2,15,17,19)/t8-,9+/m1/s1. The molecule has 1 aromatic rings. The number of carbonyl (C=O) groups excluding carboxylic acids is 2. The van der Waals surface area contributed by atoms with Crippen LogP contribution in [0.4, 0.5) is 4.79 Å². The molecule has 0 saturated carbocycles. The Balaban J connectivity index is 2.32. The van der Waals surface area contributed by atoms with Crippen LogP contribution in [0.5, 0.6) is 0 Å². The van der Waals surface area contributed by atoms with Gasteiger partial charge in [-0.05, 0) is 32.4 Å². The molecule has 0 aliphatic rings. The summed E-state index contributed by atoms with van der Waals surface area (Å²) in [5.41, 5.74) is 0. The number of carbonyl (C=O) groups is 2. The van der Waals surface area contributed by atoms with Gasteiger partial charge in [-0.25, -0.2) is 4.79 Å². The van der Waals surface area contributed by atoms with E-state index in [-0.39, 0.29) is 18.0 Å². The van der Waals surface area contributed by atoms with Gasteiger partial charge < -0.3 is 16.0 Å². The Morgan fingerprint density at radius 2 is 2.00 bits per heavy atom. The fourth-order valence-corrected chi connectivity index (χ4v) is 2.42. The molecule has 7 heteroatoms. The average Bonchev–Trinajstić information content (AvgIpc) is 2.81. The Morgan fingerprint density at radius 1 is 1.30 bits per heavy atom. The lowest BCUT2D eigenvalue weighted by molar-refractivity contribution is -0.123. The molecule has 0 aromatic carbocycles. The summed E-state index contributed by atoms with van der Waals surface area (Å²) in [4.78, 5) is 24.4. The van der Waals surface area contributed by atoms with Gasteiger partial charge in [-0.2, -0.15) is 0 Å². The Hall–Kier alpha value is -1.27. The van der Waals surface area contributed by atoms with Crippen molar-refractivity contribution >= 4 is 34.9 Å². The molecular formula is C13H20ClN3O2S. The number of thiophene rings is 1. The predicted octanol–water partition coefficient (Wildman–Crippen LogP) is 2.50. The summed E-state index contributed by atoms with van der Waals surface area (Å²) >= 11 is 7.21. The van der Waals surface area contributed by atoms with E-state index < -0.39 is 6.04 Å². The zero-order chi connectivity index (χ0) is 15.1. The summed E-state index contributed by atoms with van der Waals surface area (Å²) in [6.07, 6.45) is 0.851. The smallest absolute Gasteiger partial charge is 0.315 e. The summed E-state index contributed by atoms with van der Waals surface area (Å²) in [6.45, 7) is 5.95. The van der Waals surface area contributed by atoms with Crippen LogP contribution in [0.2, 0.25) is 4.34 Å². The van der Waals surface area contributed by atoms with Gasteiger partial charge in [-0.15, -0.1) is 11.3 Å². The van der Waals surface area contributed by atoms with Crippen molar-refractivity contribution in [2.75, 3.05) is 0 Å². The van der Waals surface area contributed by atoms with Gasteiger partial charge >= 0.3 is 6.03 Å². The first-order valence-corrected chi connectivity index (χ1v) is 7.70. The van der Waals surface area contributed by atoms with Crippen molar-refractivity contribution in [3.05, 3.63) is 21.3 Å². The molecule has 5 nitrogen and oxygen atoms in total. The maximum absolute atomic E-state index is 11.8. The number of hydrogen-bond donors (Lipinski definition) is 3. The van der Waals surface area contributed by atoms with Crippen LogP contribution in [-0.4, -0.2) is 24.0 Å². The number of rotatable bonds is 6. The number of nitrogens with one attached hydrogen (secondary N) is 3. The normalized spacial score (nSPS) is 13.4. The molecule has 1 aromatic heterocycles. The van der Waals surface area contributed by atoms with Crippen LogP contribution in [0, 0.1) is 0 Å². The molecule has 0 radical (unpaired) electrons. The van der Waals surface area contributed by atoms with Crippen molar-refractivity contribution in [2.45, 2.75) is 45.8 Å². The van der Waals surface area contributed by atoms with Gasteiger partial charge in [-0.3, -0.25) is 4.79 Å². The monoisotopic (exact) mass is 317 g/mol. The second-order valence-electron chi connectivity index (χ2n) is 4.57. The quantitative estimate of drug-likeness (QED) is 0.754. The lowest BCUT2D eigenvalue weighted by atomic mass is 10.2. The van der Waals surface area contributed by atoms with Crippen molar-refractivity contribution in [3.63, 3.8) is 0 Å². The second-order valence-corrected chi connectivity index (χ2v) is 6.37. The molecular weight excluding hydrogens is 298 g/mol. The fourth-order valence-electron chi connectivity index (χ4n) is 1.40. The lowest BCUT2D eigenvalue weighted by Crippen LogP contribution is -2.49. The van der Waals surface area contributed by atoms with Gasteiger partial charge in [0.1, 0.15) is 6.04 Å². The Labute approximate surface area is 128 Å². The first kappa shape index (κ1) is 16.8. The zero-order valence-electron chi connectivity index (χ0n) is 11.8. The highest BCUT2D eigenvalue weighted by Crippen LogP contribution is 2.20. The van der Waals surface area contributed by atoms with Crippen LogP contribution in [0.15, 0.2) is 12.1 Å². The molecule has 0 fully saturated rings. The van der Waals surface area contributed by atoms with Gasteiger partial charge in [0.25, 0.3) is 0 Å². The van der Waals surface area contributed by atoms with E-state index in [2.05, 4.69) is 16.0 Å². The SMILES string of the molecule is CC[C@@H](C)NC(=O)[C@H](C)NC(=O)NCc1ccc(Cl)s1. The Bertz CT molecular complexity index is 464. The second kappa shape index (κ2) is 8.11. The number of halogens is 1. The number of urea groups is 1. The highest BCUT2D eigenvalue weighted by Gasteiger charge is 2.16. The van der Waals surface area contributed by atoms with Gasteiger partial charge in [0.05, 0.1) is 10.9 Å². The molecule has 0 aliphatic carbocycles. The minimum absolute atomic E-state index is 0.100. The van der Waals surface area contributed by atoms with Crippen LogP contribution in [0.25, 0.3) is 0 Å². The third-order valence-corrected chi connectivity index (χ3v) is 4.03. The van der Waals surface area contributed by atoms with E-state index >= 15 is 0 Å². The molecule has 1 rings (SSSR count). The molecule has 1 heterocycles. The molecule has 0 spiro atoms. The third kappa shape index (κ3) is 5.79. The minimum atomic E-state index is -0.573. The molecule has 0 bridgehead atoms. The molecule has 2 atom stereocenters. The summed E-state index contributed by atoms with van der Waals surface area (Å²) < 4.78 is 0.684. The van der Waals surface area contributed by atoms with E-state index in [9.17, 15) is 9.59 Å². The van der Waals surface area contributed by atoms with Gasteiger partial charge in [-0.1, -0.05) is 18.5 Å². The summed E-state index contributed by atoms with van der Waals surface area (Å²) in [6, 6.07) is 2.79. The molecule has 3 amide bonds. The van der Waals surface area contributed by atoms with Gasteiger partial charge in [0.2, 0.25) is 5.91 Å². The third-order valence-electron chi connectivity index (χ3n) is 2.79. The van der Waals surface area contributed by atoms with Crippen LogP contribution in [0.1, 0.15) is 32.1 Å². The molecule has 20 heavy (non-hydrogen) atoms. The number of amides is 3. The van der Waals surface area contributed by atoms with Crippen molar-refractivity contribution in [1.82, 2.24) is 16.0 Å². The molecule has 3 N–H and O–H groups in total. The van der Waals surface area contributed by atoms with Crippen molar-refractivity contribution in [1.29, 1.82) is 0 Å². The van der Waals surface area contributed by atoms with E-state index in [1.165, 1.54) is 11.3 Å². The molecule has 0 saturated heterocycles. The zero-order valence-corrected chi connectivity index (χ0v) is 13.4. The van der Waals surface area contributed by atoms with Gasteiger partial charge in [0.15, 0.2) is 0 Å². The maximum Gasteiger partial charge on any atom is 0.315 e. The first-order chi connectivity index (χ1) is 9.42. The fraction of sp³-hybridized carbons (Fsp3) is 0.538. The van der Waals surface area contributed by atoms with E-state index in [0.29, 0.717) is 10.9 Å². The van der Waals surface area contributed by atoms with E-state index in [0.717, 1.165) is 11.3 Å². The summed E-state index contributed by atoms with van der Waals surface area (Å²) in [7, 11) is 0. The predicted molar refractivity (Wildman–Crippen MR) is 82.1 cm³/mol. The minimum Gasteiger partial charge on any atom is -0.352 e. The van der Waals surface area contributed by atoms with Gasteiger partial charge in [0, 0.05) is 10.9 Å². The topological polar surface area (TPSA) is 70.2 Å². The Kier molecular flexibility index (Phi) is 6.81. The van der Waals surface area contributed by atoms with Crippen LogP contribution in [-0.2, 0) is 11.3 Å². The Morgan fingerprint density at radius 3 is 2.55 bits per heavy atom. The molecule has 0 aliphatic heterocycles. The molecule has 112 valence electrons. The van der Waals surface area contributed by atoms with Crippen molar-refractivity contribution in [3.8, 4) is 0 Å². The lowest BCUT2D eigenvalue weighted by Gasteiger charge is -2.17. The van der Waals surface area contributed by atoms with Crippen molar-refractivity contribution in [2.24, 2.45) is 0 Å². The van der Waals surface area contributed by atoms with E-state index in [1.807, 2.05) is 19.9 Å². The van der Waals surface area contributed by atoms with E-state index in [1.54, 1.807) is 13.0 Å². The van der Waals surface area contributed by atoms with Crippen LogP contribution < -0.4 is 16.0 Å². The molecule has 0 unspecified atom stereocenters. The first-order valence-electron chi connectivity index (χ1n) is 6.51. The number of hydrogen-bond acceptors (Lipinski definition) is 3. The highest BCUT2D eigenvalue weighted by atomic mass is 35.5.